The molecule has 5 rings (SSSR count). The van der Waals surface area contributed by atoms with Crippen molar-refractivity contribution in [3.8, 4) is 17.0 Å². The Balaban J connectivity index is 1.45. The summed E-state index contributed by atoms with van der Waals surface area (Å²) in [5.74, 6) is -1.20. The normalized spacial score (nSPS) is 14.3. The van der Waals surface area contributed by atoms with E-state index in [0.717, 1.165) is 37.5 Å². The SMILES string of the molecule is COc1ncc(-c2ccc3ncn(CC(C)C(=O)NC4CCC4)c(=O)c3c2)cc1NS(=O)(=O)c1ccc(F)cc1Cl. The molecule has 13 heteroatoms. The monoisotopic (exact) mass is 599 g/mol. The van der Waals surface area contributed by atoms with Crippen LogP contribution in [0.5, 0.6) is 5.88 Å². The average Bonchev–Trinajstić information content (AvgIpc) is 2.91. The number of aromatic nitrogens is 3. The zero-order chi connectivity index (χ0) is 29.3. The molecule has 2 N–H and O–H groups in total. The maximum Gasteiger partial charge on any atom is 0.263 e. The third-order valence-electron chi connectivity index (χ3n) is 7.00. The molecule has 1 aliphatic carbocycles. The second-order valence-electron chi connectivity index (χ2n) is 9.93. The van der Waals surface area contributed by atoms with Crippen LogP contribution >= 0.6 is 11.6 Å². The van der Waals surface area contributed by atoms with Crippen LogP contribution in [0.3, 0.4) is 0 Å². The van der Waals surface area contributed by atoms with Crippen LogP contribution in [-0.4, -0.2) is 42.0 Å². The summed E-state index contributed by atoms with van der Waals surface area (Å²) in [4.78, 5) is 34.2. The standard InChI is InChI=1S/C28H27ClFN5O5S/c1-16(26(36)33-20-4-3-5-20)14-35-15-32-23-8-6-17(10-21(23)28(35)37)18-11-24(27(40-2)31-13-18)34-41(38,39)25-9-7-19(30)12-22(25)29/h6-13,15-16,20,34H,3-5,14H2,1-2H3,(H,33,36). The molecule has 0 spiro atoms. The van der Waals surface area contributed by atoms with Crippen LogP contribution in [0.15, 0.2) is 64.7 Å². The van der Waals surface area contributed by atoms with Crippen molar-refractivity contribution < 1.29 is 22.3 Å². The maximum atomic E-state index is 13.5. The number of halogens is 2. The number of carbonyl (C=O) groups excluding carboxylic acids is 1. The molecular formula is C28H27ClFN5O5S. The molecule has 41 heavy (non-hydrogen) atoms. The third kappa shape index (κ3) is 6.03. The third-order valence-corrected chi connectivity index (χ3v) is 8.85. The number of fused-ring (bicyclic) bond motifs is 1. The van der Waals surface area contributed by atoms with Crippen molar-refractivity contribution in [2.45, 2.75) is 43.7 Å². The lowest BCUT2D eigenvalue weighted by atomic mass is 9.92. The number of rotatable bonds is 9. The minimum atomic E-state index is -4.23. The molecule has 0 radical (unpaired) electrons. The molecule has 0 bridgehead atoms. The number of sulfonamides is 1. The van der Waals surface area contributed by atoms with Crippen molar-refractivity contribution in [3.63, 3.8) is 0 Å². The van der Waals surface area contributed by atoms with Gasteiger partial charge >= 0.3 is 0 Å². The lowest BCUT2D eigenvalue weighted by molar-refractivity contribution is -0.126. The number of nitrogens with one attached hydrogen (secondary N) is 2. The van der Waals surface area contributed by atoms with Crippen LogP contribution in [0.1, 0.15) is 26.2 Å². The Morgan fingerprint density at radius 1 is 1.17 bits per heavy atom. The highest BCUT2D eigenvalue weighted by atomic mass is 35.5. The summed E-state index contributed by atoms with van der Waals surface area (Å²) in [7, 11) is -2.89. The first-order valence-corrected chi connectivity index (χ1v) is 14.7. The van der Waals surface area contributed by atoms with Gasteiger partial charge in [-0.3, -0.25) is 18.9 Å². The number of ether oxygens (including phenoxy) is 1. The fourth-order valence-corrected chi connectivity index (χ4v) is 6.06. The Hall–Kier alpha value is -4.03. The lowest BCUT2D eigenvalue weighted by Gasteiger charge is -2.27. The number of nitrogens with zero attached hydrogens (tertiary/aromatic N) is 3. The van der Waals surface area contributed by atoms with E-state index in [1.165, 1.54) is 30.3 Å². The Bertz CT molecular complexity index is 1810. The fourth-order valence-electron chi connectivity index (χ4n) is 4.48. The van der Waals surface area contributed by atoms with Crippen molar-refractivity contribution in [1.29, 1.82) is 0 Å². The van der Waals surface area contributed by atoms with Crippen molar-refractivity contribution in [2.75, 3.05) is 11.8 Å². The van der Waals surface area contributed by atoms with E-state index in [2.05, 4.69) is 20.0 Å². The summed E-state index contributed by atoms with van der Waals surface area (Å²) >= 11 is 5.98. The number of carbonyl (C=O) groups is 1. The molecule has 1 aliphatic rings. The highest BCUT2D eigenvalue weighted by Gasteiger charge is 2.24. The van der Waals surface area contributed by atoms with Crippen molar-refractivity contribution >= 4 is 44.1 Å². The van der Waals surface area contributed by atoms with Gasteiger partial charge in [-0.05, 0) is 61.2 Å². The Kier molecular flexibility index (Phi) is 7.96. The summed E-state index contributed by atoms with van der Waals surface area (Å²) in [6, 6.07) is 9.70. The number of methoxy groups -OCH3 is 1. The molecule has 214 valence electrons. The van der Waals surface area contributed by atoms with Gasteiger partial charge in [0.15, 0.2) is 0 Å². The Morgan fingerprint density at radius 2 is 1.95 bits per heavy atom. The van der Waals surface area contributed by atoms with Crippen LogP contribution < -0.4 is 20.3 Å². The van der Waals surface area contributed by atoms with E-state index >= 15 is 0 Å². The first-order valence-electron chi connectivity index (χ1n) is 12.9. The number of hydrogen-bond acceptors (Lipinski definition) is 7. The molecular weight excluding hydrogens is 573 g/mol. The Morgan fingerprint density at radius 3 is 2.63 bits per heavy atom. The van der Waals surface area contributed by atoms with E-state index in [0.29, 0.717) is 22.0 Å². The molecule has 1 atom stereocenters. The van der Waals surface area contributed by atoms with Crippen LogP contribution in [-0.2, 0) is 21.4 Å². The van der Waals surface area contributed by atoms with Crippen LogP contribution in [0.25, 0.3) is 22.0 Å². The first-order chi connectivity index (χ1) is 19.6. The van der Waals surface area contributed by atoms with Crippen LogP contribution in [0.4, 0.5) is 10.1 Å². The molecule has 10 nitrogen and oxygen atoms in total. The average molecular weight is 600 g/mol. The van der Waals surface area contributed by atoms with Gasteiger partial charge in [-0.2, -0.15) is 0 Å². The summed E-state index contributed by atoms with van der Waals surface area (Å²) < 4.78 is 48.6. The quantitative estimate of drug-likeness (QED) is 0.292. The predicted molar refractivity (Wildman–Crippen MR) is 153 cm³/mol. The lowest BCUT2D eigenvalue weighted by Crippen LogP contribution is -2.43. The second-order valence-corrected chi connectivity index (χ2v) is 12.0. The van der Waals surface area contributed by atoms with E-state index in [1.54, 1.807) is 25.1 Å². The maximum absolute atomic E-state index is 13.5. The van der Waals surface area contributed by atoms with E-state index in [-0.39, 0.29) is 45.5 Å². The number of hydrogen-bond donors (Lipinski definition) is 2. The highest BCUT2D eigenvalue weighted by Crippen LogP contribution is 2.32. The molecule has 1 saturated carbocycles. The number of pyridine rings is 1. The molecule has 2 aromatic carbocycles. The topological polar surface area (TPSA) is 132 Å². The van der Waals surface area contributed by atoms with Crippen molar-refractivity contribution in [3.05, 3.63) is 76.2 Å². The smallest absolute Gasteiger partial charge is 0.263 e. The molecule has 2 heterocycles. The van der Waals surface area contributed by atoms with E-state index in [1.807, 2.05) is 0 Å². The number of anilines is 1. The summed E-state index contributed by atoms with van der Waals surface area (Å²) in [5, 5.41) is 3.05. The molecule has 1 fully saturated rings. The molecule has 4 aromatic rings. The van der Waals surface area contributed by atoms with Gasteiger partial charge in [0.05, 0.1) is 35.3 Å². The van der Waals surface area contributed by atoms with Gasteiger partial charge in [0.2, 0.25) is 11.8 Å². The predicted octanol–water partition coefficient (Wildman–Crippen LogP) is 4.37. The zero-order valence-corrected chi connectivity index (χ0v) is 23.8. The minimum absolute atomic E-state index is 0.00506. The van der Waals surface area contributed by atoms with Gasteiger partial charge in [-0.15, -0.1) is 0 Å². The molecule has 0 saturated heterocycles. The van der Waals surface area contributed by atoms with Gasteiger partial charge in [-0.1, -0.05) is 24.6 Å². The van der Waals surface area contributed by atoms with Gasteiger partial charge in [0.1, 0.15) is 16.4 Å². The summed E-state index contributed by atoms with van der Waals surface area (Å²) in [5.41, 5.74) is 1.22. The van der Waals surface area contributed by atoms with E-state index in [4.69, 9.17) is 16.3 Å². The van der Waals surface area contributed by atoms with E-state index < -0.39 is 21.8 Å². The van der Waals surface area contributed by atoms with Crippen molar-refractivity contribution in [1.82, 2.24) is 19.9 Å². The van der Waals surface area contributed by atoms with Crippen molar-refractivity contribution in [2.24, 2.45) is 5.92 Å². The van der Waals surface area contributed by atoms with Crippen LogP contribution in [0, 0.1) is 11.7 Å². The molecule has 1 unspecified atom stereocenters. The summed E-state index contributed by atoms with van der Waals surface area (Å²) in [6.45, 7) is 1.94. The first kappa shape index (κ1) is 28.5. The second kappa shape index (κ2) is 11.5. The van der Waals surface area contributed by atoms with Gasteiger partial charge in [0.25, 0.3) is 15.6 Å². The van der Waals surface area contributed by atoms with Gasteiger partial charge in [-0.25, -0.2) is 22.8 Å². The Labute approximate surface area is 240 Å². The van der Waals surface area contributed by atoms with E-state index in [9.17, 15) is 22.4 Å². The zero-order valence-electron chi connectivity index (χ0n) is 22.2. The number of amides is 1. The van der Waals surface area contributed by atoms with Gasteiger partial charge < -0.3 is 10.1 Å². The van der Waals surface area contributed by atoms with Crippen LogP contribution in [0.2, 0.25) is 5.02 Å². The summed E-state index contributed by atoms with van der Waals surface area (Å²) in [6.07, 6.45) is 5.96. The molecule has 1 amide bonds. The van der Waals surface area contributed by atoms with Gasteiger partial charge in [0, 0.05) is 24.3 Å². The largest absolute Gasteiger partial charge is 0.480 e. The number of benzene rings is 2. The fraction of sp³-hybridized carbons (Fsp3) is 0.286. The highest BCUT2D eigenvalue weighted by molar-refractivity contribution is 7.92. The molecule has 0 aliphatic heterocycles. The minimum Gasteiger partial charge on any atom is -0.480 e. The molecule has 2 aromatic heterocycles.